The summed E-state index contributed by atoms with van der Waals surface area (Å²) < 4.78 is 4.47. The number of thioether (sulfide) groups is 1. The summed E-state index contributed by atoms with van der Waals surface area (Å²) in [5.41, 5.74) is -0.0622. The van der Waals surface area contributed by atoms with Gasteiger partial charge < -0.3 is 14.7 Å². The number of benzene rings is 1. The Morgan fingerprint density at radius 1 is 1.38 bits per heavy atom. The van der Waals surface area contributed by atoms with Gasteiger partial charge in [0.05, 0.1) is 25.0 Å². The molecule has 114 valence electrons. The van der Waals surface area contributed by atoms with E-state index < -0.39 is 12.1 Å². The maximum atomic E-state index is 12.0. The van der Waals surface area contributed by atoms with Crippen LogP contribution in [0.4, 0.5) is 0 Å². The molecule has 1 amide bonds. The van der Waals surface area contributed by atoms with E-state index in [1.54, 1.807) is 7.05 Å². The minimum Gasteiger partial charge on any atom is -0.466 e. The van der Waals surface area contributed by atoms with E-state index >= 15 is 0 Å². The van der Waals surface area contributed by atoms with Crippen molar-refractivity contribution in [2.24, 2.45) is 0 Å². The van der Waals surface area contributed by atoms with Crippen molar-refractivity contribution in [3.63, 3.8) is 0 Å². The molecule has 5 nitrogen and oxygen atoms in total. The molecule has 0 heterocycles. The van der Waals surface area contributed by atoms with Gasteiger partial charge in [-0.3, -0.25) is 4.79 Å². The first-order chi connectivity index (χ1) is 9.95. The largest absolute Gasteiger partial charge is 0.466 e. The Balaban J connectivity index is 2.44. The maximum Gasteiger partial charge on any atom is 0.335 e. The molecule has 1 aromatic rings. The Labute approximate surface area is 128 Å². The number of methoxy groups -OCH3 is 1. The zero-order valence-corrected chi connectivity index (χ0v) is 12.9. The zero-order chi connectivity index (χ0) is 15.8. The molecule has 6 heteroatoms. The van der Waals surface area contributed by atoms with Gasteiger partial charge in [-0.25, -0.2) is 4.79 Å². The first kappa shape index (κ1) is 17.3. The Morgan fingerprint density at radius 2 is 2.00 bits per heavy atom. The number of esters is 1. The van der Waals surface area contributed by atoms with E-state index in [4.69, 9.17) is 0 Å². The summed E-state index contributed by atoms with van der Waals surface area (Å²) in [6.45, 7) is 3.47. The second-order valence-electron chi connectivity index (χ2n) is 4.41. The van der Waals surface area contributed by atoms with Crippen molar-refractivity contribution < 1.29 is 19.4 Å². The van der Waals surface area contributed by atoms with Crippen molar-refractivity contribution >= 4 is 23.6 Å². The molecule has 1 atom stereocenters. The van der Waals surface area contributed by atoms with Crippen LogP contribution in [0.3, 0.4) is 0 Å². The van der Waals surface area contributed by atoms with Crippen LogP contribution in [0.15, 0.2) is 47.4 Å². The molecule has 0 radical (unpaired) electrons. The molecule has 0 aromatic heterocycles. The number of aliphatic hydroxyl groups excluding tert-OH is 1. The summed E-state index contributed by atoms with van der Waals surface area (Å²) >= 11 is 1.42. The number of nitrogens with zero attached hydrogens (tertiary/aromatic N) is 1. The number of likely N-dealkylation sites (N-methyl/N-ethyl adjacent to an activating group) is 1. The van der Waals surface area contributed by atoms with Crippen LogP contribution in [-0.2, 0) is 14.3 Å². The third-order valence-corrected chi connectivity index (χ3v) is 3.82. The third-order valence-electron chi connectivity index (χ3n) is 2.83. The van der Waals surface area contributed by atoms with E-state index in [1.165, 1.54) is 23.8 Å². The predicted octanol–water partition coefficient (Wildman–Crippen LogP) is 1.33. The van der Waals surface area contributed by atoms with Crippen molar-refractivity contribution in [1.29, 1.82) is 0 Å². The van der Waals surface area contributed by atoms with Crippen molar-refractivity contribution in [1.82, 2.24) is 4.90 Å². The lowest BCUT2D eigenvalue weighted by atomic mass is 10.1. The number of hydrogen-bond acceptors (Lipinski definition) is 5. The fourth-order valence-corrected chi connectivity index (χ4v) is 2.37. The molecular weight excluding hydrogens is 290 g/mol. The number of amides is 1. The lowest BCUT2D eigenvalue weighted by Crippen LogP contribution is -2.37. The molecule has 0 aliphatic rings. The van der Waals surface area contributed by atoms with Gasteiger partial charge in [0, 0.05) is 11.9 Å². The lowest BCUT2D eigenvalue weighted by Gasteiger charge is -2.21. The van der Waals surface area contributed by atoms with Crippen molar-refractivity contribution in [3.05, 3.63) is 42.5 Å². The topological polar surface area (TPSA) is 66.8 Å². The molecule has 1 rings (SSSR count). The molecular formula is C15H19NO4S. The quantitative estimate of drug-likeness (QED) is 0.467. The van der Waals surface area contributed by atoms with Crippen LogP contribution in [0.5, 0.6) is 0 Å². The van der Waals surface area contributed by atoms with Gasteiger partial charge >= 0.3 is 5.97 Å². The Hall–Kier alpha value is -1.79. The van der Waals surface area contributed by atoms with E-state index in [-0.39, 0.29) is 23.8 Å². The van der Waals surface area contributed by atoms with Crippen molar-refractivity contribution in [3.8, 4) is 0 Å². The summed E-state index contributed by atoms with van der Waals surface area (Å²) in [4.78, 5) is 25.6. The maximum absolute atomic E-state index is 12.0. The number of hydrogen-bond donors (Lipinski definition) is 1. The van der Waals surface area contributed by atoms with E-state index in [2.05, 4.69) is 11.3 Å². The van der Waals surface area contributed by atoms with Gasteiger partial charge in [-0.05, 0) is 12.1 Å². The van der Waals surface area contributed by atoms with Crippen LogP contribution in [0.1, 0.15) is 0 Å². The highest BCUT2D eigenvalue weighted by Gasteiger charge is 2.20. The Kier molecular flexibility index (Phi) is 6.98. The highest BCUT2D eigenvalue weighted by molar-refractivity contribution is 8.00. The fraction of sp³-hybridized carbons (Fsp3) is 0.333. The van der Waals surface area contributed by atoms with Gasteiger partial charge in [-0.1, -0.05) is 24.8 Å². The number of rotatable bonds is 7. The predicted molar refractivity (Wildman–Crippen MR) is 82.0 cm³/mol. The van der Waals surface area contributed by atoms with Gasteiger partial charge in [0.15, 0.2) is 0 Å². The second kappa shape index (κ2) is 8.49. The summed E-state index contributed by atoms with van der Waals surface area (Å²) in [6.07, 6.45) is -1.13. The second-order valence-corrected chi connectivity index (χ2v) is 5.46. The first-order valence-corrected chi connectivity index (χ1v) is 7.31. The molecule has 1 aromatic carbocycles. The van der Waals surface area contributed by atoms with Crippen molar-refractivity contribution in [2.45, 2.75) is 11.0 Å². The number of ether oxygens (including phenoxy) is 1. The molecule has 0 fully saturated rings. The molecule has 0 aliphatic carbocycles. The van der Waals surface area contributed by atoms with Crippen molar-refractivity contribution in [2.75, 3.05) is 26.5 Å². The monoisotopic (exact) mass is 309 g/mol. The normalized spacial score (nSPS) is 11.6. The van der Waals surface area contributed by atoms with E-state index in [9.17, 15) is 14.7 Å². The molecule has 1 N–H and O–H groups in total. The third kappa shape index (κ3) is 5.61. The van der Waals surface area contributed by atoms with E-state index in [1.807, 2.05) is 30.3 Å². The van der Waals surface area contributed by atoms with Crippen LogP contribution in [0.2, 0.25) is 0 Å². The van der Waals surface area contributed by atoms with Crippen LogP contribution < -0.4 is 0 Å². The van der Waals surface area contributed by atoms with Gasteiger partial charge in [0.1, 0.15) is 6.10 Å². The smallest absolute Gasteiger partial charge is 0.335 e. The van der Waals surface area contributed by atoms with E-state index in [0.717, 1.165) is 4.90 Å². The Morgan fingerprint density at radius 3 is 2.57 bits per heavy atom. The molecule has 0 bridgehead atoms. The molecule has 0 saturated carbocycles. The number of carbonyl (C=O) groups is 2. The number of carbonyl (C=O) groups excluding carboxylic acids is 2. The molecule has 0 saturated heterocycles. The highest BCUT2D eigenvalue weighted by Crippen LogP contribution is 2.17. The average molecular weight is 309 g/mol. The first-order valence-electron chi connectivity index (χ1n) is 6.32. The van der Waals surface area contributed by atoms with Gasteiger partial charge in [0.25, 0.3) is 0 Å². The molecule has 1 unspecified atom stereocenters. The summed E-state index contributed by atoms with van der Waals surface area (Å²) in [7, 11) is 2.78. The molecule has 21 heavy (non-hydrogen) atoms. The van der Waals surface area contributed by atoms with Gasteiger partial charge in [-0.15, -0.1) is 11.8 Å². The average Bonchev–Trinajstić information content (AvgIpc) is 2.51. The van der Waals surface area contributed by atoms with E-state index in [0.29, 0.717) is 0 Å². The highest BCUT2D eigenvalue weighted by atomic mass is 32.2. The Bertz CT molecular complexity index is 504. The summed E-state index contributed by atoms with van der Waals surface area (Å²) in [6, 6.07) is 9.56. The zero-order valence-electron chi connectivity index (χ0n) is 12.1. The lowest BCUT2D eigenvalue weighted by molar-refractivity contribution is -0.138. The summed E-state index contributed by atoms with van der Waals surface area (Å²) in [5, 5.41) is 9.82. The standard InChI is InChI=1S/C15H19NO4S/c1-11(15(19)20-3)13(17)9-16(2)14(18)10-21-12-7-5-4-6-8-12/h4-8,13,17H,1,9-10H2,2-3H3. The van der Waals surface area contributed by atoms with Crippen LogP contribution in [0.25, 0.3) is 0 Å². The minimum absolute atomic E-state index is 0.00210. The molecule has 0 spiro atoms. The fourth-order valence-electron chi connectivity index (χ4n) is 1.51. The van der Waals surface area contributed by atoms with Gasteiger partial charge in [0.2, 0.25) is 5.91 Å². The SMILES string of the molecule is C=C(C(=O)OC)C(O)CN(C)C(=O)CSc1ccccc1. The summed E-state index contributed by atoms with van der Waals surface area (Å²) in [5.74, 6) is -0.555. The number of aliphatic hydroxyl groups is 1. The van der Waals surface area contributed by atoms with Crippen LogP contribution >= 0.6 is 11.8 Å². The van der Waals surface area contributed by atoms with Crippen LogP contribution in [0, 0.1) is 0 Å². The van der Waals surface area contributed by atoms with Crippen LogP contribution in [-0.4, -0.2) is 54.4 Å². The molecule has 0 aliphatic heterocycles. The van der Waals surface area contributed by atoms with Gasteiger partial charge in [-0.2, -0.15) is 0 Å². The minimum atomic E-state index is -1.13.